The monoisotopic (exact) mass is 308 g/mol. The summed E-state index contributed by atoms with van der Waals surface area (Å²) in [6.07, 6.45) is -0.468. The molecule has 0 saturated heterocycles. The van der Waals surface area contributed by atoms with E-state index in [9.17, 15) is 14.4 Å². The van der Waals surface area contributed by atoms with E-state index in [0.717, 1.165) is 11.1 Å². The Morgan fingerprint density at radius 1 is 0.955 bits per heavy atom. The van der Waals surface area contributed by atoms with Crippen LogP contribution in [0.4, 0.5) is 4.79 Å². The lowest BCUT2D eigenvalue weighted by molar-refractivity contribution is 0.0286. The number of aryl methyl sites for hydroxylation is 2. The van der Waals surface area contributed by atoms with Crippen LogP contribution in [0.25, 0.3) is 0 Å². The molecule has 0 aliphatic heterocycles. The Kier molecular flexibility index (Phi) is 6.56. The van der Waals surface area contributed by atoms with E-state index in [1.165, 1.54) is 7.11 Å². The molecule has 1 aromatic carbocycles. The van der Waals surface area contributed by atoms with E-state index in [1.54, 1.807) is 26.0 Å². The molecule has 1 rings (SSSR count). The molecule has 0 amide bonds. The summed E-state index contributed by atoms with van der Waals surface area (Å²) in [6, 6.07) is 3.34. The average molecular weight is 308 g/mol. The first-order chi connectivity index (χ1) is 10.4. The first-order valence-corrected chi connectivity index (χ1v) is 6.93. The summed E-state index contributed by atoms with van der Waals surface area (Å²) in [5.74, 6) is -0.586. The van der Waals surface area contributed by atoms with Crippen LogP contribution in [0.2, 0.25) is 0 Å². The molecule has 120 valence electrons. The number of esters is 1. The predicted molar refractivity (Wildman–Crippen MR) is 79.2 cm³/mol. The maximum absolute atomic E-state index is 12.0. The van der Waals surface area contributed by atoms with Gasteiger partial charge in [-0.05, 0) is 31.0 Å². The highest BCUT2D eigenvalue weighted by Gasteiger charge is 2.16. The molecule has 22 heavy (non-hydrogen) atoms. The molecule has 0 unspecified atom stereocenters. The number of carbonyl (C=O) groups is 3. The minimum Gasteiger partial charge on any atom is -0.458 e. The average Bonchev–Trinajstić information content (AvgIpc) is 2.50. The molecule has 0 atom stereocenters. The number of ketones is 1. The minimum atomic E-state index is -0.835. The normalized spacial score (nSPS) is 10.0. The van der Waals surface area contributed by atoms with Crippen LogP contribution >= 0.6 is 0 Å². The van der Waals surface area contributed by atoms with Crippen molar-refractivity contribution in [1.29, 1.82) is 0 Å². The smallest absolute Gasteiger partial charge is 0.458 e. The van der Waals surface area contributed by atoms with Crippen LogP contribution in [0.3, 0.4) is 0 Å². The SMILES string of the molecule is CCC(=O)c1cc(C(=O)OCCOC(=O)OC)c(C)cc1C. The lowest BCUT2D eigenvalue weighted by Gasteiger charge is -2.11. The summed E-state index contributed by atoms with van der Waals surface area (Å²) < 4.78 is 13.9. The number of benzene rings is 1. The molecular formula is C16H20O6. The first-order valence-electron chi connectivity index (χ1n) is 6.93. The fourth-order valence-corrected chi connectivity index (χ4v) is 1.96. The summed E-state index contributed by atoms with van der Waals surface area (Å²) in [5, 5.41) is 0. The highest BCUT2D eigenvalue weighted by molar-refractivity contribution is 6.00. The maximum Gasteiger partial charge on any atom is 0.508 e. The second kappa shape index (κ2) is 8.17. The molecule has 6 heteroatoms. The zero-order valence-electron chi connectivity index (χ0n) is 13.2. The van der Waals surface area contributed by atoms with E-state index in [4.69, 9.17) is 4.74 Å². The Morgan fingerprint density at radius 3 is 2.14 bits per heavy atom. The number of carbonyl (C=O) groups excluding carboxylic acids is 3. The Morgan fingerprint density at radius 2 is 1.55 bits per heavy atom. The maximum atomic E-state index is 12.0. The van der Waals surface area contributed by atoms with Crippen LogP contribution in [0.15, 0.2) is 12.1 Å². The van der Waals surface area contributed by atoms with Crippen molar-refractivity contribution in [1.82, 2.24) is 0 Å². The van der Waals surface area contributed by atoms with Gasteiger partial charge in [0, 0.05) is 12.0 Å². The highest BCUT2D eigenvalue weighted by Crippen LogP contribution is 2.18. The molecule has 0 saturated carbocycles. The number of Topliss-reactive ketones (excluding diaryl/α,β-unsaturated/α-hetero) is 1. The van der Waals surface area contributed by atoms with Gasteiger partial charge in [0.2, 0.25) is 0 Å². The van der Waals surface area contributed by atoms with Crippen LogP contribution in [-0.4, -0.2) is 38.2 Å². The predicted octanol–water partition coefficient (Wildman–Crippen LogP) is 2.84. The van der Waals surface area contributed by atoms with Gasteiger partial charge in [-0.2, -0.15) is 0 Å². The van der Waals surface area contributed by atoms with Crippen LogP contribution in [0, 0.1) is 13.8 Å². The van der Waals surface area contributed by atoms with Gasteiger partial charge in [0.05, 0.1) is 12.7 Å². The quantitative estimate of drug-likeness (QED) is 0.457. The fourth-order valence-electron chi connectivity index (χ4n) is 1.96. The van der Waals surface area contributed by atoms with Crippen molar-refractivity contribution in [3.05, 3.63) is 34.4 Å². The van der Waals surface area contributed by atoms with Crippen LogP contribution < -0.4 is 0 Å². The van der Waals surface area contributed by atoms with E-state index in [0.29, 0.717) is 17.5 Å². The lowest BCUT2D eigenvalue weighted by Crippen LogP contribution is -2.15. The van der Waals surface area contributed by atoms with E-state index in [-0.39, 0.29) is 19.0 Å². The molecule has 0 heterocycles. The van der Waals surface area contributed by atoms with E-state index >= 15 is 0 Å². The molecule has 0 aliphatic rings. The Bertz CT molecular complexity index is 576. The van der Waals surface area contributed by atoms with Crippen LogP contribution in [-0.2, 0) is 14.2 Å². The Balaban J connectivity index is 2.76. The second-order valence-electron chi connectivity index (χ2n) is 4.70. The molecule has 0 N–H and O–H groups in total. The third-order valence-corrected chi connectivity index (χ3v) is 3.12. The molecule has 1 aromatic rings. The zero-order chi connectivity index (χ0) is 16.7. The largest absolute Gasteiger partial charge is 0.508 e. The van der Waals surface area contributed by atoms with E-state index in [2.05, 4.69) is 9.47 Å². The number of ether oxygens (including phenoxy) is 3. The number of hydrogen-bond acceptors (Lipinski definition) is 6. The number of rotatable bonds is 6. The van der Waals surface area contributed by atoms with Gasteiger partial charge in [0.25, 0.3) is 0 Å². The third-order valence-electron chi connectivity index (χ3n) is 3.12. The summed E-state index contributed by atoms with van der Waals surface area (Å²) in [7, 11) is 1.19. The Hall–Kier alpha value is -2.37. The molecule has 0 aromatic heterocycles. The van der Waals surface area contributed by atoms with Crippen molar-refractivity contribution in [3.8, 4) is 0 Å². The van der Waals surface area contributed by atoms with E-state index in [1.807, 2.05) is 6.92 Å². The van der Waals surface area contributed by atoms with Gasteiger partial charge in [-0.3, -0.25) is 4.79 Å². The fraction of sp³-hybridized carbons (Fsp3) is 0.438. The summed E-state index contributed by atoms with van der Waals surface area (Å²) in [5.41, 5.74) is 2.41. The molecule has 0 fully saturated rings. The molecule has 6 nitrogen and oxygen atoms in total. The molecular weight excluding hydrogens is 288 g/mol. The third kappa shape index (κ3) is 4.58. The van der Waals surface area contributed by atoms with Gasteiger partial charge >= 0.3 is 12.1 Å². The van der Waals surface area contributed by atoms with Crippen LogP contribution in [0.5, 0.6) is 0 Å². The van der Waals surface area contributed by atoms with Crippen molar-refractivity contribution >= 4 is 17.9 Å². The van der Waals surface area contributed by atoms with Crippen molar-refractivity contribution in [2.45, 2.75) is 27.2 Å². The minimum absolute atomic E-state index is 0.0272. The topological polar surface area (TPSA) is 78.9 Å². The Labute approximate surface area is 129 Å². The van der Waals surface area contributed by atoms with Gasteiger partial charge in [-0.25, -0.2) is 9.59 Å². The van der Waals surface area contributed by atoms with Crippen molar-refractivity contribution < 1.29 is 28.6 Å². The van der Waals surface area contributed by atoms with Gasteiger partial charge in [-0.1, -0.05) is 13.0 Å². The summed E-state index contributed by atoms with van der Waals surface area (Å²) in [4.78, 5) is 34.7. The molecule has 0 bridgehead atoms. The number of methoxy groups -OCH3 is 1. The van der Waals surface area contributed by atoms with E-state index < -0.39 is 12.1 Å². The van der Waals surface area contributed by atoms with Gasteiger partial charge < -0.3 is 14.2 Å². The van der Waals surface area contributed by atoms with Crippen LogP contribution in [0.1, 0.15) is 45.2 Å². The molecule has 0 spiro atoms. The molecule has 0 aliphatic carbocycles. The van der Waals surface area contributed by atoms with Crippen molar-refractivity contribution in [2.75, 3.05) is 20.3 Å². The summed E-state index contributed by atoms with van der Waals surface area (Å²) >= 11 is 0. The van der Waals surface area contributed by atoms with Crippen molar-refractivity contribution in [2.24, 2.45) is 0 Å². The summed E-state index contributed by atoms with van der Waals surface area (Å²) in [6.45, 7) is 5.19. The standard InChI is InChI=1S/C16H20O6/c1-5-14(17)12-9-13(11(3)8-10(12)2)15(18)21-6-7-22-16(19)20-4/h8-9H,5-7H2,1-4H3. The highest BCUT2D eigenvalue weighted by atomic mass is 16.7. The molecule has 0 radical (unpaired) electrons. The lowest BCUT2D eigenvalue weighted by atomic mass is 9.96. The number of hydrogen-bond donors (Lipinski definition) is 0. The van der Waals surface area contributed by atoms with Gasteiger partial charge in [0.15, 0.2) is 5.78 Å². The van der Waals surface area contributed by atoms with Crippen molar-refractivity contribution in [3.63, 3.8) is 0 Å². The van der Waals surface area contributed by atoms with Gasteiger partial charge in [0.1, 0.15) is 13.2 Å². The second-order valence-corrected chi connectivity index (χ2v) is 4.70. The first kappa shape index (κ1) is 17.7. The van der Waals surface area contributed by atoms with Gasteiger partial charge in [-0.15, -0.1) is 0 Å². The zero-order valence-corrected chi connectivity index (χ0v) is 13.2.